The Balaban J connectivity index is 1.67. The maximum Gasteiger partial charge on any atom is 0.253 e. The molecule has 0 bridgehead atoms. The molecule has 0 aromatic heterocycles. The topological polar surface area (TPSA) is 100 Å². The fraction of sp³-hybridized carbons (Fsp3) is 0.435. The van der Waals surface area contributed by atoms with Crippen LogP contribution in [0, 0.1) is 0 Å². The van der Waals surface area contributed by atoms with Crippen LogP contribution in [0.4, 0.5) is 0 Å². The number of nitrogens with zero attached hydrogens (tertiary/aromatic N) is 1. The predicted octanol–water partition coefficient (Wildman–Crippen LogP) is 2.09. The van der Waals surface area contributed by atoms with Gasteiger partial charge in [0.1, 0.15) is 5.60 Å². The Hall–Kier alpha value is -2.52. The SMILES string of the molecule is COc1cc(CNC[C@]2(O)CN(C(=O)c3ccc(Cl)cc3)CC[C@H]2O)cc(OC)c1OC. The van der Waals surface area contributed by atoms with Gasteiger partial charge in [0.25, 0.3) is 5.91 Å². The molecule has 32 heavy (non-hydrogen) atoms. The molecule has 2 aromatic rings. The minimum atomic E-state index is -1.49. The first kappa shape index (κ1) is 24.1. The number of likely N-dealkylation sites (tertiary alicyclic amines) is 1. The standard InChI is InChI=1S/C23H29ClN2O6/c1-30-18-10-15(11-19(31-2)21(18)32-3)12-25-13-23(29)14-26(9-8-20(23)27)22(28)16-4-6-17(24)7-5-16/h4-7,10-11,20,25,27,29H,8-9,12-14H2,1-3H3/t20-,23+/m1/s1. The molecule has 0 aliphatic carbocycles. The van der Waals surface area contributed by atoms with Gasteiger partial charge < -0.3 is 34.6 Å². The summed E-state index contributed by atoms with van der Waals surface area (Å²) in [4.78, 5) is 14.4. The van der Waals surface area contributed by atoms with Crippen molar-refractivity contribution in [1.29, 1.82) is 0 Å². The Morgan fingerprint density at radius 1 is 1.16 bits per heavy atom. The minimum absolute atomic E-state index is 0.0118. The number of carbonyl (C=O) groups excluding carboxylic acids is 1. The molecule has 2 atom stereocenters. The Morgan fingerprint density at radius 2 is 1.78 bits per heavy atom. The molecule has 1 aliphatic heterocycles. The molecular weight excluding hydrogens is 436 g/mol. The normalized spacial score (nSPS) is 20.7. The number of aliphatic hydroxyl groups is 2. The molecule has 174 valence electrons. The molecule has 1 fully saturated rings. The lowest BCUT2D eigenvalue weighted by molar-refractivity contribution is -0.111. The zero-order chi connectivity index (χ0) is 23.3. The molecule has 1 aliphatic rings. The fourth-order valence-corrected chi connectivity index (χ4v) is 3.97. The minimum Gasteiger partial charge on any atom is -0.493 e. The third kappa shape index (κ3) is 5.27. The molecule has 3 N–H and O–H groups in total. The second-order valence-corrected chi connectivity index (χ2v) is 8.22. The Labute approximate surface area is 192 Å². The summed E-state index contributed by atoms with van der Waals surface area (Å²) >= 11 is 5.90. The highest BCUT2D eigenvalue weighted by molar-refractivity contribution is 6.30. The van der Waals surface area contributed by atoms with Gasteiger partial charge in [-0.3, -0.25) is 4.79 Å². The van der Waals surface area contributed by atoms with Crippen LogP contribution < -0.4 is 19.5 Å². The summed E-state index contributed by atoms with van der Waals surface area (Å²) in [5.41, 5.74) is -0.151. The van der Waals surface area contributed by atoms with Crippen molar-refractivity contribution in [2.24, 2.45) is 0 Å². The number of carbonyl (C=O) groups is 1. The first-order valence-electron chi connectivity index (χ1n) is 10.3. The number of nitrogens with one attached hydrogen (secondary N) is 1. The molecule has 1 amide bonds. The van der Waals surface area contributed by atoms with Gasteiger partial charge in [-0.15, -0.1) is 0 Å². The van der Waals surface area contributed by atoms with Crippen LogP contribution in [0.25, 0.3) is 0 Å². The number of benzene rings is 2. The summed E-state index contributed by atoms with van der Waals surface area (Å²) < 4.78 is 16.1. The van der Waals surface area contributed by atoms with Gasteiger partial charge in [-0.25, -0.2) is 0 Å². The van der Waals surface area contributed by atoms with E-state index in [9.17, 15) is 15.0 Å². The maximum absolute atomic E-state index is 12.8. The van der Waals surface area contributed by atoms with E-state index in [2.05, 4.69) is 5.32 Å². The first-order valence-corrected chi connectivity index (χ1v) is 10.6. The number of piperidine rings is 1. The van der Waals surface area contributed by atoms with Crippen molar-refractivity contribution in [3.8, 4) is 17.2 Å². The van der Waals surface area contributed by atoms with Crippen molar-refractivity contribution in [2.75, 3.05) is 41.0 Å². The highest BCUT2D eigenvalue weighted by atomic mass is 35.5. The van der Waals surface area contributed by atoms with Crippen molar-refractivity contribution < 1.29 is 29.2 Å². The van der Waals surface area contributed by atoms with Gasteiger partial charge >= 0.3 is 0 Å². The van der Waals surface area contributed by atoms with Crippen molar-refractivity contribution in [3.63, 3.8) is 0 Å². The molecule has 1 heterocycles. The van der Waals surface area contributed by atoms with Crippen LogP contribution in [0.2, 0.25) is 5.02 Å². The summed E-state index contributed by atoms with van der Waals surface area (Å²) in [7, 11) is 4.62. The molecule has 2 aromatic carbocycles. The lowest BCUT2D eigenvalue weighted by Gasteiger charge is -2.42. The van der Waals surface area contributed by atoms with Crippen LogP contribution in [0.15, 0.2) is 36.4 Å². The molecule has 9 heteroatoms. The number of methoxy groups -OCH3 is 3. The van der Waals surface area contributed by atoms with Crippen LogP contribution in [0.1, 0.15) is 22.3 Å². The van der Waals surface area contributed by atoms with Crippen LogP contribution >= 0.6 is 11.6 Å². The summed E-state index contributed by atoms with van der Waals surface area (Å²) in [6.07, 6.45) is -0.675. The van der Waals surface area contributed by atoms with E-state index in [1.165, 1.54) is 7.11 Å². The molecule has 8 nitrogen and oxygen atoms in total. The van der Waals surface area contributed by atoms with E-state index in [1.54, 1.807) is 43.4 Å². The third-order valence-corrected chi connectivity index (χ3v) is 5.87. The number of rotatable bonds is 8. The summed E-state index contributed by atoms with van der Waals surface area (Å²) in [5.74, 6) is 1.34. The summed E-state index contributed by atoms with van der Waals surface area (Å²) in [6, 6.07) is 10.2. The lowest BCUT2D eigenvalue weighted by atomic mass is 9.89. The van der Waals surface area contributed by atoms with E-state index in [0.717, 1.165) is 5.56 Å². The van der Waals surface area contributed by atoms with E-state index in [4.69, 9.17) is 25.8 Å². The van der Waals surface area contributed by atoms with Gasteiger partial charge in [-0.2, -0.15) is 0 Å². The van der Waals surface area contributed by atoms with E-state index >= 15 is 0 Å². The van der Waals surface area contributed by atoms with Crippen LogP contribution in [0.3, 0.4) is 0 Å². The first-order chi connectivity index (χ1) is 15.3. The zero-order valence-corrected chi connectivity index (χ0v) is 19.2. The molecule has 0 unspecified atom stereocenters. The molecule has 0 saturated carbocycles. The van der Waals surface area contributed by atoms with Crippen LogP contribution in [0.5, 0.6) is 17.2 Å². The second-order valence-electron chi connectivity index (χ2n) is 7.78. The second kappa shape index (κ2) is 10.4. The number of halogens is 1. The van der Waals surface area contributed by atoms with Crippen LogP contribution in [-0.4, -0.2) is 73.7 Å². The highest BCUT2D eigenvalue weighted by Crippen LogP contribution is 2.38. The Bertz CT molecular complexity index is 914. The van der Waals surface area contributed by atoms with E-state index in [1.807, 2.05) is 12.1 Å². The average molecular weight is 465 g/mol. The number of hydrogen-bond acceptors (Lipinski definition) is 7. The van der Waals surface area contributed by atoms with E-state index in [-0.39, 0.29) is 25.4 Å². The molecule has 3 rings (SSSR count). The summed E-state index contributed by atoms with van der Waals surface area (Å²) in [5, 5.41) is 25.3. The smallest absolute Gasteiger partial charge is 0.253 e. The lowest BCUT2D eigenvalue weighted by Crippen LogP contribution is -2.62. The highest BCUT2D eigenvalue weighted by Gasteiger charge is 2.42. The summed E-state index contributed by atoms with van der Waals surface area (Å²) in [6.45, 7) is 0.849. The van der Waals surface area contributed by atoms with Crippen LogP contribution in [-0.2, 0) is 6.54 Å². The van der Waals surface area contributed by atoms with Crippen molar-refractivity contribution in [3.05, 3.63) is 52.5 Å². The van der Waals surface area contributed by atoms with E-state index in [0.29, 0.717) is 40.9 Å². The zero-order valence-electron chi connectivity index (χ0n) is 18.4. The van der Waals surface area contributed by atoms with Crippen molar-refractivity contribution in [2.45, 2.75) is 24.7 Å². The van der Waals surface area contributed by atoms with Gasteiger partial charge in [-0.1, -0.05) is 11.6 Å². The third-order valence-electron chi connectivity index (χ3n) is 5.62. The van der Waals surface area contributed by atoms with Gasteiger partial charge in [0, 0.05) is 30.2 Å². The number of β-amino-alcohol motifs (C(OH)–C–C–N with tert-alkyl or cyclic N) is 1. The van der Waals surface area contributed by atoms with E-state index < -0.39 is 11.7 Å². The van der Waals surface area contributed by atoms with Gasteiger partial charge in [0.15, 0.2) is 11.5 Å². The number of hydrogen-bond donors (Lipinski definition) is 3. The molecule has 0 spiro atoms. The Morgan fingerprint density at radius 3 is 2.34 bits per heavy atom. The largest absolute Gasteiger partial charge is 0.493 e. The monoisotopic (exact) mass is 464 g/mol. The fourth-order valence-electron chi connectivity index (χ4n) is 3.84. The quantitative estimate of drug-likeness (QED) is 0.550. The maximum atomic E-state index is 12.8. The number of amides is 1. The number of ether oxygens (including phenoxy) is 3. The molecule has 1 saturated heterocycles. The van der Waals surface area contributed by atoms with Crippen molar-refractivity contribution >= 4 is 17.5 Å². The van der Waals surface area contributed by atoms with Gasteiger partial charge in [-0.05, 0) is 48.4 Å². The molecular formula is C23H29ClN2O6. The number of aliphatic hydroxyl groups excluding tert-OH is 1. The Kier molecular flexibility index (Phi) is 7.84. The van der Waals surface area contributed by atoms with Gasteiger partial charge in [0.2, 0.25) is 5.75 Å². The predicted molar refractivity (Wildman–Crippen MR) is 121 cm³/mol. The molecule has 0 radical (unpaired) electrons. The van der Waals surface area contributed by atoms with Gasteiger partial charge in [0.05, 0.1) is 34.0 Å². The van der Waals surface area contributed by atoms with Crippen molar-refractivity contribution in [1.82, 2.24) is 10.2 Å². The average Bonchev–Trinajstić information content (AvgIpc) is 2.80.